The van der Waals surface area contributed by atoms with E-state index in [1.165, 1.54) is 17.2 Å². The Hall–Kier alpha value is -2.44. The van der Waals surface area contributed by atoms with Crippen molar-refractivity contribution in [2.45, 2.75) is 19.4 Å². The van der Waals surface area contributed by atoms with Crippen LogP contribution in [-0.2, 0) is 9.59 Å². The molecular formula is C12H14N4O3. The van der Waals surface area contributed by atoms with Gasteiger partial charge >= 0.3 is 0 Å². The normalized spacial score (nSPS) is 19.2. The number of carbonyl (C=O) groups is 3. The predicted octanol–water partition coefficient (Wildman–Crippen LogP) is -0.459. The van der Waals surface area contributed by atoms with Gasteiger partial charge in [-0.3, -0.25) is 24.7 Å². The lowest BCUT2D eigenvalue weighted by Crippen LogP contribution is -2.59. The van der Waals surface area contributed by atoms with Crippen LogP contribution in [0.5, 0.6) is 0 Å². The van der Waals surface area contributed by atoms with E-state index in [9.17, 15) is 14.4 Å². The minimum atomic E-state index is -0.659. The highest BCUT2D eigenvalue weighted by atomic mass is 16.2. The van der Waals surface area contributed by atoms with E-state index in [1.54, 1.807) is 13.0 Å². The minimum Gasteiger partial charge on any atom is -0.399 e. The molecule has 19 heavy (non-hydrogen) atoms. The summed E-state index contributed by atoms with van der Waals surface area (Å²) in [5, 5.41) is 2.21. The fraction of sp³-hybridized carbons (Fsp3) is 0.333. The molecule has 1 saturated heterocycles. The van der Waals surface area contributed by atoms with E-state index in [0.29, 0.717) is 12.1 Å². The van der Waals surface area contributed by atoms with Crippen molar-refractivity contribution in [3.05, 3.63) is 24.0 Å². The maximum Gasteiger partial charge on any atom is 0.273 e. The van der Waals surface area contributed by atoms with Gasteiger partial charge in [-0.2, -0.15) is 0 Å². The smallest absolute Gasteiger partial charge is 0.273 e. The first-order valence-electron chi connectivity index (χ1n) is 5.89. The molecule has 2 rings (SSSR count). The van der Waals surface area contributed by atoms with Crippen LogP contribution in [0, 0.1) is 0 Å². The summed E-state index contributed by atoms with van der Waals surface area (Å²) in [5.41, 5.74) is 6.12. The molecule has 0 bridgehead atoms. The number of nitrogens with one attached hydrogen (secondary N) is 1. The Balaban J connectivity index is 2.30. The lowest BCUT2D eigenvalue weighted by Gasteiger charge is -2.33. The van der Waals surface area contributed by atoms with Crippen molar-refractivity contribution in [1.29, 1.82) is 0 Å². The van der Waals surface area contributed by atoms with Gasteiger partial charge < -0.3 is 10.6 Å². The van der Waals surface area contributed by atoms with E-state index in [0.717, 1.165) is 0 Å². The number of piperazine rings is 1. The molecule has 2 heterocycles. The van der Waals surface area contributed by atoms with Gasteiger partial charge in [-0.1, -0.05) is 6.92 Å². The number of aromatic nitrogens is 1. The lowest BCUT2D eigenvalue weighted by atomic mass is 10.1. The number of hydrogen-bond donors (Lipinski definition) is 2. The molecule has 7 heteroatoms. The first kappa shape index (κ1) is 13.0. The van der Waals surface area contributed by atoms with Crippen LogP contribution in [-0.4, -0.2) is 40.2 Å². The van der Waals surface area contributed by atoms with Crippen molar-refractivity contribution in [2.24, 2.45) is 0 Å². The van der Waals surface area contributed by atoms with E-state index in [2.05, 4.69) is 10.3 Å². The third-order valence-corrected chi connectivity index (χ3v) is 2.91. The van der Waals surface area contributed by atoms with Gasteiger partial charge in [0.1, 0.15) is 18.3 Å². The number of amides is 3. The Labute approximate surface area is 109 Å². The summed E-state index contributed by atoms with van der Waals surface area (Å²) in [4.78, 5) is 40.5. The van der Waals surface area contributed by atoms with Crippen molar-refractivity contribution >= 4 is 23.4 Å². The summed E-state index contributed by atoms with van der Waals surface area (Å²) in [6.45, 7) is 1.62. The number of rotatable bonds is 2. The summed E-state index contributed by atoms with van der Waals surface area (Å²) < 4.78 is 0. The molecule has 1 aromatic heterocycles. The van der Waals surface area contributed by atoms with Gasteiger partial charge in [0.15, 0.2) is 0 Å². The van der Waals surface area contributed by atoms with Gasteiger partial charge in [-0.05, 0) is 18.6 Å². The molecule has 0 saturated carbocycles. The Kier molecular flexibility index (Phi) is 3.46. The molecule has 1 aliphatic heterocycles. The van der Waals surface area contributed by atoms with Crippen molar-refractivity contribution in [3.63, 3.8) is 0 Å². The fourth-order valence-corrected chi connectivity index (χ4v) is 2.00. The Bertz CT molecular complexity index is 544. The Morgan fingerprint density at radius 2 is 2.32 bits per heavy atom. The van der Waals surface area contributed by atoms with Crippen LogP contribution in [0.3, 0.4) is 0 Å². The number of pyridine rings is 1. The quantitative estimate of drug-likeness (QED) is 0.702. The second kappa shape index (κ2) is 5.05. The van der Waals surface area contributed by atoms with E-state index < -0.39 is 23.8 Å². The molecule has 1 atom stereocenters. The van der Waals surface area contributed by atoms with Crippen LogP contribution in [0.2, 0.25) is 0 Å². The maximum absolute atomic E-state index is 12.3. The molecule has 1 aliphatic rings. The first-order chi connectivity index (χ1) is 9.02. The molecule has 3 N–H and O–H groups in total. The van der Waals surface area contributed by atoms with Crippen LogP contribution in [0.1, 0.15) is 23.8 Å². The number of nitrogens with two attached hydrogens (primary N) is 1. The van der Waals surface area contributed by atoms with Crippen molar-refractivity contribution < 1.29 is 14.4 Å². The number of anilines is 1. The fourth-order valence-electron chi connectivity index (χ4n) is 2.00. The molecule has 0 aliphatic carbocycles. The van der Waals surface area contributed by atoms with Crippen molar-refractivity contribution in [2.75, 3.05) is 12.3 Å². The highest BCUT2D eigenvalue weighted by Gasteiger charge is 2.36. The first-order valence-corrected chi connectivity index (χ1v) is 5.89. The number of carbonyl (C=O) groups excluding carboxylic acids is 3. The van der Waals surface area contributed by atoms with Gasteiger partial charge in [-0.25, -0.2) is 0 Å². The zero-order valence-corrected chi connectivity index (χ0v) is 10.4. The number of imide groups is 1. The van der Waals surface area contributed by atoms with Crippen LogP contribution in [0.4, 0.5) is 5.69 Å². The zero-order chi connectivity index (χ0) is 14.0. The largest absolute Gasteiger partial charge is 0.399 e. The van der Waals surface area contributed by atoms with Gasteiger partial charge in [-0.15, -0.1) is 0 Å². The Morgan fingerprint density at radius 1 is 1.58 bits per heavy atom. The average Bonchev–Trinajstić information content (AvgIpc) is 2.37. The molecule has 0 spiro atoms. The van der Waals surface area contributed by atoms with Gasteiger partial charge in [0.2, 0.25) is 11.8 Å². The highest BCUT2D eigenvalue weighted by Crippen LogP contribution is 2.14. The Morgan fingerprint density at radius 3 is 2.95 bits per heavy atom. The van der Waals surface area contributed by atoms with E-state index in [4.69, 9.17) is 5.73 Å². The highest BCUT2D eigenvalue weighted by molar-refractivity contribution is 6.06. The van der Waals surface area contributed by atoms with Gasteiger partial charge in [0.05, 0.1) is 0 Å². The molecular weight excluding hydrogens is 248 g/mol. The lowest BCUT2D eigenvalue weighted by molar-refractivity contribution is -0.138. The topological polar surface area (TPSA) is 105 Å². The van der Waals surface area contributed by atoms with E-state index >= 15 is 0 Å². The summed E-state index contributed by atoms with van der Waals surface area (Å²) in [6, 6.07) is 2.32. The number of hydrogen-bond acceptors (Lipinski definition) is 5. The SMILES string of the molecule is CCC1C(=O)NC(=O)CN1C(=O)c1cc(N)ccn1. The van der Waals surface area contributed by atoms with Crippen LogP contribution in [0.15, 0.2) is 18.3 Å². The summed E-state index contributed by atoms with van der Waals surface area (Å²) in [6.07, 6.45) is 1.84. The molecule has 0 radical (unpaired) electrons. The van der Waals surface area contributed by atoms with Gasteiger partial charge in [0.25, 0.3) is 5.91 Å². The molecule has 1 fully saturated rings. The summed E-state index contributed by atoms with van der Waals surface area (Å²) in [7, 11) is 0. The number of nitrogens with zero attached hydrogens (tertiary/aromatic N) is 2. The van der Waals surface area contributed by atoms with Crippen LogP contribution in [0.25, 0.3) is 0 Å². The minimum absolute atomic E-state index is 0.126. The molecule has 1 aromatic rings. The summed E-state index contributed by atoms with van der Waals surface area (Å²) in [5.74, 6) is -1.43. The molecule has 0 aromatic carbocycles. The molecule has 7 nitrogen and oxygen atoms in total. The third-order valence-electron chi connectivity index (χ3n) is 2.91. The van der Waals surface area contributed by atoms with Crippen molar-refractivity contribution in [1.82, 2.24) is 15.2 Å². The second-order valence-corrected chi connectivity index (χ2v) is 4.24. The second-order valence-electron chi connectivity index (χ2n) is 4.24. The van der Waals surface area contributed by atoms with Crippen molar-refractivity contribution in [3.8, 4) is 0 Å². The molecule has 3 amide bonds. The average molecular weight is 262 g/mol. The van der Waals surface area contributed by atoms with E-state index in [-0.39, 0.29) is 12.2 Å². The summed E-state index contributed by atoms with van der Waals surface area (Å²) >= 11 is 0. The van der Waals surface area contributed by atoms with Gasteiger partial charge in [0, 0.05) is 11.9 Å². The maximum atomic E-state index is 12.3. The number of nitrogen functional groups attached to an aromatic ring is 1. The molecule has 1 unspecified atom stereocenters. The monoisotopic (exact) mass is 262 g/mol. The standard InChI is InChI=1S/C12H14N4O3/c1-2-9-11(18)15-10(17)6-16(9)12(19)8-5-7(13)3-4-14-8/h3-5,9H,2,6H2,1H3,(H2,13,14)(H,15,17,18). The zero-order valence-electron chi connectivity index (χ0n) is 10.4. The predicted molar refractivity (Wildman–Crippen MR) is 66.9 cm³/mol. The molecule has 100 valence electrons. The van der Waals surface area contributed by atoms with E-state index in [1.807, 2.05) is 0 Å². The van der Waals surface area contributed by atoms with Crippen LogP contribution < -0.4 is 11.1 Å². The van der Waals surface area contributed by atoms with Crippen LogP contribution >= 0.6 is 0 Å². The third kappa shape index (κ3) is 2.54.